The van der Waals surface area contributed by atoms with E-state index in [2.05, 4.69) is 39.4 Å². The monoisotopic (exact) mass is 330 g/mol. The van der Waals surface area contributed by atoms with Crippen LogP contribution in [0.4, 0.5) is 0 Å². The second-order valence-electron chi connectivity index (χ2n) is 5.54. The van der Waals surface area contributed by atoms with E-state index < -0.39 is 0 Å². The summed E-state index contributed by atoms with van der Waals surface area (Å²) in [5, 5.41) is 16.5. The van der Waals surface area contributed by atoms with Crippen LogP contribution in [0.5, 0.6) is 0 Å². The first-order valence-corrected chi connectivity index (χ1v) is 8.31. The lowest BCUT2D eigenvalue weighted by Crippen LogP contribution is -2.23. The van der Waals surface area contributed by atoms with E-state index in [0.29, 0.717) is 19.4 Å². The smallest absolute Gasteiger partial charge is 0.234 e. The molecule has 0 spiro atoms. The molecule has 23 heavy (non-hydrogen) atoms. The zero-order valence-corrected chi connectivity index (χ0v) is 13.9. The van der Waals surface area contributed by atoms with Gasteiger partial charge in [0.2, 0.25) is 10.9 Å². The first-order chi connectivity index (χ1) is 11.1. The number of carbonyl (C=O) groups is 1. The average Bonchev–Trinajstić information content (AvgIpc) is 3.11. The van der Waals surface area contributed by atoms with Crippen LogP contribution < -0.4 is 5.32 Å². The molecule has 0 aliphatic rings. The van der Waals surface area contributed by atoms with E-state index in [-0.39, 0.29) is 11.8 Å². The number of aromatic nitrogens is 5. The van der Waals surface area contributed by atoms with Gasteiger partial charge in [0.05, 0.1) is 0 Å². The molecule has 0 atom stereocenters. The molecule has 1 N–H and O–H groups in total. The van der Waals surface area contributed by atoms with Crippen LogP contribution in [-0.2, 0) is 17.8 Å². The number of aryl methyl sites for hydroxylation is 1. The van der Waals surface area contributed by atoms with Crippen LogP contribution in [0.15, 0.2) is 24.5 Å². The van der Waals surface area contributed by atoms with Crippen LogP contribution in [0.2, 0.25) is 0 Å². The summed E-state index contributed by atoms with van der Waals surface area (Å²) in [7, 11) is 0. The molecule has 8 heteroatoms. The summed E-state index contributed by atoms with van der Waals surface area (Å²) >= 11 is 1.48. The molecule has 0 saturated carbocycles. The van der Waals surface area contributed by atoms with E-state index >= 15 is 0 Å². The van der Waals surface area contributed by atoms with E-state index in [4.69, 9.17) is 0 Å². The number of rotatable bonds is 6. The molecule has 0 aromatic carbocycles. The normalized spacial score (nSPS) is 11.3. The number of amides is 1. The van der Waals surface area contributed by atoms with Crippen LogP contribution in [0.3, 0.4) is 0 Å². The molecule has 3 aromatic heterocycles. The van der Waals surface area contributed by atoms with Crippen molar-refractivity contribution in [2.24, 2.45) is 0 Å². The molecule has 3 aromatic rings. The second kappa shape index (κ2) is 6.82. The third-order valence-electron chi connectivity index (χ3n) is 3.35. The van der Waals surface area contributed by atoms with Gasteiger partial charge < -0.3 is 5.32 Å². The number of nitrogens with one attached hydrogen (secondary N) is 1. The molecular weight excluding hydrogens is 312 g/mol. The first kappa shape index (κ1) is 15.5. The highest BCUT2D eigenvalue weighted by Gasteiger charge is 2.14. The Kier molecular flexibility index (Phi) is 4.61. The number of hydrogen-bond acceptors (Lipinski definition) is 6. The van der Waals surface area contributed by atoms with Gasteiger partial charge in [0.15, 0.2) is 5.82 Å². The van der Waals surface area contributed by atoms with Gasteiger partial charge in [0, 0.05) is 37.7 Å². The van der Waals surface area contributed by atoms with Crippen LogP contribution in [-0.4, -0.2) is 30.7 Å². The van der Waals surface area contributed by atoms with Gasteiger partial charge in [-0.05, 0) is 11.6 Å². The molecule has 1 amide bonds. The molecule has 3 rings (SSSR count). The predicted octanol–water partition coefficient (Wildman–Crippen LogP) is 1.95. The fourth-order valence-electron chi connectivity index (χ4n) is 2.14. The predicted molar refractivity (Wildman–Crippen MR) is 87.2 cm³/mol. The molecule has 120 valence electrons. The molecule has 0 radical (unpaired) electrons. The van der Waals surface area contributed by atoms with E-state index in [1.54, 1.807) is 16.9 Å². The summed E-state index contributed by atoms with van der Waals surface area (Å²) in [4.78, 5) is 16.7. The molecule has 0 bridgehead atoms. The largest absolute Gasteiger partial charge is 0.352 e. The number of nitrogens with zero attached hydrogens (tertiary/aromatic N) is 5. The second-order valence-corrected chi connectivity index (χ2v) is 6.58. The lowest BCUT2D eigenvalue weighted by Gasteiger charge is -2.03. The van der Waals surface area contributed by atoms with Crippen molar-refractivity contribution in [2.75, 3.05) is 0 Å². The summed E-state index contributed by atoms with van der Waals surface area (Å²) in [5.74, 6) is 1.12. The number of fused-ring (bicyclic) bond motifs is 1. The van der Waals surface area contributed by atoms with Crippen molar-refractivity contribution in [2.45, 2.75) is 39.2 Å². The fourth-order valence-corrected chi connectivity index (χ4v) is 2.98. The van der Waals surface area contributed by atoms with Crippen LogP contribution in [0.25, 0.3) is 4.96 Å². The zero-order valence-electron chi connectivity index (χ0n) is 13.1. The molecule has 0 aliphatic heterocycles. The van der Waals surface area contributed by atoms with Gasteiger partial charge in [-0.1, -0.05) is 31.3 Å². The highest BCUT2D eigenvalue weighted by molar-refractivity contribution is 7.16. The van der Waals surface area contributed by atoms with Crippen LogP contribution >= 0.6 is 11.3 Å². The van der Waals surface area contributed by atoms with Gasteiger partial charge >= 0.3 is 0 Å². The topological polar surface area (TPSA) is 85.1 Å². The minimum Gasteiger partial charge on any atom is -0.352 e. The summed E-state index contributed by atoms with van der Waals surface area (Å²) < 4.78 is 1.78. The maximum absolute atomic E-state index is 11.9. The Balaban J connectivity index is 1.54. The third kappa shape index (κ3) is 3.70. The lowest BCUT2D eigenvalue weighted by molar-refractivity contribution is -0.121. The van der Waals surface area contributed by atoms with Crippen molar-refractivity contribution >= 4 is 22.2 Å². The quantitative estimate of drug-likeness (QED) is 0.747. The van der Waals surface area contributed by atoms with Gasteiger partial charge in [-0.2, -0.15) is 9.61 Å². The molecule has 0 aliphatic carbocycles. The lowest BCUT2D eigenvalue weighted by atomic mass is 10.2. The molecule has 3 heterocycles. The number of pyridine rings is 1. The van der Waals surface area contributed by atoms with Gasteiger partial charge in [0.1, 0.15) is 5.01 Å². The minimum absolute atomic E-state index is 0.00361. The molecule has 0 fully saturated rings. The van der Waals surface area contributed by atoms with Crippen molar-refractivity contribution in [1.29, 1.82) is 0 Å². The Bertz CT molecular complexity index is 795. The van der Waals surface area contributed by atoms with Gasteiger partial charge in [-0.25, -0.2) is 0 Å². The van der Waals surface area contributed by atoms with E-state index in [1.165, 1.54) is 11.3 Å². The summed E-state index contributed by atoms with van der Waals surface area (Å²) in [5.41, 5.74) is 0.987. The third-order valence-corrected chi connectivity index (χ3v) is 4.31. The van der Waals surface area contributed by atoms with Gasteiger partial charge in [0.25, 0.3) is 0 Å². The Morgan fingerprint density at radius 3 is 3.00 bits per heavy atom. The van der Waals surface area contributed by atoms with Gasteiger partial charge in [-0.3, -0.25) is 9.78 Å². The van der Waals surface area contributed by atoms with E-state index in [9.17, 15) is 4.79 Å². The number of carbonyl (C=O) groups excluding carboxylic acids is 1. The summed E-state index contributed by atoms with van der Waals surface area (Å²) in [6.07, 6.45) is 4.47. The highest BCUT2D eigenvalue weighted by Crippen LogP contribution is 2.19. The van der Waals surface area contributed by atoms with Crippen molar-refractivity contribution in [3.8, 4) is 0 Å². The highest BCUT2D eigenvalue weighted by atomic mass is 32.1. The van der Waals surface area contributed by atoms with Crippen LogP contribution in [0.1, 0.15) is 42.6 Å². The molecular formula is C15H18N6OS. The Hall–Kier alpha value is -2.35. The minimum atomic E-state index is 0.00361. The number of hydrogen-bond donors (Lipinski definition) is 1. The maximum Gasteiger partial charge on any atom is 0.234 e. The average molecular weight is 330 g/mol. The molecule has 0 saturated heterocycles. The zero-order chi connectivity index (χ0) is 16.2. The Labute approximate surface area is 137 Å². The summed E-state index contributed by atoms with van der Waals surface area (Å²) in [6.45, 7) is 4.61. The fraction of sp³-hybridized carbons (Fsp3) is 0.400. The van der Waals surface area contributed by atoms with Crippen molar-refractivity contribution < 1.29 is 4.79 Å². The standard InChI is InChI=1S/C15H18N6OS/c1-10(2)14-18-19-15-21(14)20-13(23-15)6-5-12(22)17-9-11-4-3-7-16-8-11/h3-4,7-8,10H,5-6,9H2,1-2H3,(H,17,22). The molecule has 0 unspecified atom stereocenters. The Morgan fingerprint density at radius 1 is 1.39 bits per heavy atom. The molecule has 7 nitrogen and oxygen atoms in total. The summed E-state index contributed by atoms with van der Waals surface area (Å²) in [6, 6.07) is 3.79. The Morgan fingerprint density at radius 2 is 2.26 bits per heavy atom. The van der Waals surface area contributed by atoms with E-state index in [1.807, 2.05) is 12.1 Å². The van der Waals surface area contributed by atoms with Crippen LogP contribution in [0, 0.1) is 0 Å². The SMILES string of the molecule is CC(C)c1nnc2sc(CCC(=O)NCc3cccnc3)nn12. The van der Waals surface area contributed by atoms with Crippen molar-refractivity contribution in [3.63, 3.8) is 0 Å². The first-order valence-electron chi connectivity index (χ1n) is 7.50. The van der Waals surface area contributed by atoms with Crippen molar-refractivity contribution in [1.82, 2.24) is 30.1 Å². The van der Waals surface area contributed by atoms with Gasteiger partial charge in [-0.15, -0.1) is 10.2 Å². The maximum atomic E-state index is 11.9. The van der Waals surface area contributed by atoms with E-state index in [0.717, 1.165) is 21.4 Å². The van der Waals surface area contributed by atoms with Crippen molar-refractivity contribution in [3.05, 3.63) is 40.9 Å².